The van der Waals surface area contributed by atoms with Crippen molar-refractivity contribution < 1.29 is 9.90 Å². The SMILES string of the molecule is CC1CN(CCCC(C)(N)C(=O)O)CCN1C. The Morgan fingerprint density at radius 1 is 1.53 bits per heavy atom. The topological polar surface area (TPSA) is 69.8 Å². The van der Waals surface area contributed by atoms with Crippen LogP contribution < -0.4 is 5.73 Å². The first-order chi connectivity index (χ1) is 7.83. The molecule has 0 spiro atoms. The van der Waals surface area contributed by atoms with Gasteiger partial charge in [-0.15, -0.1) is 0 Å². The lowest BCUT2D eigenvalue weighted by Crippen LogP contribution is -2.50. The number of carbonyl (C=O) groups is 1. The Bertz CT molecular complexity index is 268. The van der Waals surface area contributed by atoms with Crippen LogP contribution in [0, 0.1) is 0 Å². The molecule has 0 radical (unpaired) electrons. The standard InChI is InChI=1S/C12H25N3O2/c1-10-9-15(8-7-14(10)3)6-4-5-12(2,13)11(16)17/h10H,4-9,13H2,1-3H3,(H,16,17). The van der Waals surface area contributed by atoms with E-state index in [4.69, 9.17) is 10.8 Å². The Hall–Kier alpha value is -0.650. The van der Waals surface area contributed by atoms with Crippen LogP contribution in [0.4, 0.5) is 0 Å². The van der Waals surface area contributed by atoms with Crippen LogP contribution in [-0.2, 0) is 4.79 Å². The molecule has 0 amide bonds. The second-order valence-electron chi connectivity index (χ2n) is 5.46. The maximum absolute atomic E-state index is 10.9. The maximum Gasteiger partial charge on any atom is 0.323 e. The van der Waals surface area contributed by atoms with Gasteiger partial charge in [0.1, 0.15) is 5.54 Å². The average Bonchev–Trinajstić information content (AvgIpc) is 2.23. The molecule has 0 aromatic heterocycles. The van der Waals surface area contributed by atoms with Crippen molar-refractivity contribution in [3.8, 4) is 0 Å². The first-order valence-electron chi connectivity index (χ1n) is 6.28. The number of likely N-dealkylation sites (N-methyl/N-ethyl adjacent to an activating group) is 1. The zero-order chi connectivity index (χ0) is 13.1. The van der Waals surface area contributed by atoms with E-state index in [0.29, 0.717) is 12.5 Å². The molecule has 5 heteroatoms. The van der Waals surface area contributed by atoms with Crippen molar-refractivity contribution in [2.24, 2.45) is 5.73 Å². The van der Waals surface area contributed by atoms with Crippen molar-refractivity contribution in [3.63, 3.8) is 0 Å². The summed E-state index contributed by atoms with van der Waals surface area (Å²) in [6.07, 6.45) is 1.37. The zero-order valence-corrected chi connectivity index (χ0v) is 11.1. The third-order valence-electron chi connectivity index (χ3n) is 3.70. The monoisotopic (exact) mass is 243 g/mol. The maximum atomic E-state index is 10.9. The highest BCUT2D eigenvalue weighted by Crippen LogP contribution is 2.12. The van der Waals surface area contributed by atoms with Gasteiger partial charge < -0.3 is 20.6 Å². The molecule has 3 N–H and O–H groups in total. The van der Waals surface area contributed by atoms with Gasteiger partial charge in [0.05, 0.1) is 0 Å². The number of rotatable bonds is 5. The Morgan fingerprint density at radius 3 is 2.71 bits per heavy atom. The van der Waals surface area contributed by atoms with Crippen LogP contribution in [0.5, 0.6) is 0 Å². The second-order valence-corrected chi connectivity index (χ2v) is 5.46. The highest BCUT2D eigenvalue weighted by molar-refractivity contribution is 5.77. The van der Waals surface area contributed by atoms with Crippen LogP contribution in [0.3, 0.4) is 0 Å². The van der Waals surface area contributed by atoms with Crippen molar-refractivity contribution >= 4 is 5.97 Å². The van der Waals surface area contributed by atoms with E-state index >= 15 is 0 Å². The first kappa shape index (κ1) is 14.4. The van der Waals surface area contributed by atoms with E-state index in [2.05, 4.69) is 23.8 Å². The smallest absolute Gasteiger partial charge is 0.323 e. The zero-order valence-electron chi connectivity index (χ0n) is 11.1. The van der Waals surface area contributed by atoms with Gasteiger partial charge in [-0.3, -0.25) is 4.79 Å². The van der Waals surface area contributed by atoms with Gasteiger partial charge in [0.15, 0.2) is 0 Å². The van der Waals surface area contributed by atoms with Crippen molar-refractivity contribution in [2.75, 3.05) is 33.2 Å². The molecule has 5 nitrogen and oxygen atoms in total. The van der Waals surface area contributed by atoms with Crippen LogP contribution >= 0.6 is 0 Å². The van der Waals surface area contributed by atoms with E-state index in [1.54, 1.807) is 6.92 Å². The third-order valence-corrected chi connectivity index (χ3v) is 3.70. The Kier molecular flexibility index (Phi) is 4.91. The van der Waals surface area contributed by atoms with Crippen molar-refractivity contribution in [1.82, 2.24) is 9.80 Å². The van der Waals surface area contributed by atoms with Crippen LogP contribution in [0.15, 0.2) is 0 Å². The molecule has 1 aliphatic rings. The number of piperazine rings is 1. The van der Waals surface area contributed by atoms with Crippen LogP contribution in [0.25, 0.3) is 0 Å². The number of hydrogen-bond acceptors (Lipinski definition) is 4. The largest absolute Gasteiger partial charge is 0.480 e. The van der Waals surface area contributed by atoms with Crippen LogP contribution in [0.1, 0.15) is 26.7 Å². The normalized spacial score (nSPS) is 26.7. The van der Waals surface area contributed by atoms with E-state index in [-0.39, 0.29) is 0 Å². The summed E-state index contributed by atoms with van der Waals surface area (Å²) in [5, 5.41) is 8.91. The van der Waals surface area contributed by atoms with Gasteiger partial charge in [0.25, 0.3) is 0 Å². The van der Waals surface area contributed by atoms with Gasteiger partial charge in [-0.05, 0) is 40.3 Å². The number of aliphatic carboxylic acids is 1. The number of nitrogens with zero attached hydrogens (tertiary/aromatic N) is 2. The minimum absolute atomic E-state index is 0.531. The summed E-state index contributed by atoms with van der Waals surface area (Å²) in [5.41, 5.74) is 4.61. The molecule has 0 bridgehead atoms. The molecule has 0 aromatic carbocycles. The van der Waals surface area contributed by atoms with Gasteiger partial charge in [-0.25, -0.2) is 0 Å². The lowest BCUT2D eigenvalue weighted by molar-refractivity contribution is -0.143. The van der Waals surface area contributed by atoms with Gasteiger partial charge in [0, 0.05) is 25.7 Å². The number of nitrogens with two attached hydrogens (primary N) is 1. The molecule has 17 heavy (non-hydrogen) atoms. The predicted molar refractivity (Wildman–Crippen MR) is 68.0 cm³/mol. The van der Waals surface area contributed by atoms with Gasteiger partial charge in [0.2, 0.25) is 0 Å². The molecule has 0 aromatic rings. The number of carboxylic acid groups (broad SMARTS) is 1. The summed E-state index contributed by atoms with van der Waals surface area (Å²) < 4.78 is 0. The van der Waals surface area contributed by atoms with E-state index in [9.17, 15) is 4.79 Å². The highest BCUT2D eigenvalue weighted by atomic mass is 16.4. The Morgan fingerprint density at radius 2 is 2.18 bits per heavy atom. The summed E-state index contributed by atoms with van der Waals surface area (Å²) in [4.78, 5) is 15.6. The second kappa shape index (κ2) is 5.80. The van der Waals surface area contributed by atoms with Gasteiger partial charge in [-0.2, -0.15) is 0 Å². The molecule has 1 rings (SSSR count). The first-order valence-corrected chi connectivity index (χ1v) is 6.28. The fourth-order valence-corrected chi connectivity index (χ4v) is 2.10. The number of hydrogen-bond donors (Lipinski definition) is 2. The summed E-state index contributed by atoms with van der Waals surface area (Å²) in [6, 6.07) is 0.576. The molecular weight excluding hydrogens is 218 g/mol. The van der Waals surface area contributed by atoms with E-state index in [1.807, 2.05) is 0 Å². The summed E-state index contributed by atoms with van der Waals surface area (Å²) in [5.74, 6) is -0.913. The molecule has 2 unspecified atom stereocenters. The molecule has 1 aliphatic heterocycles. The van der Waals surface area contributed by atoms with Crippen LogP contribution in [-0.4, -0.2) is 65.7 Å². The molecule has 100 valence electrons. The average molecular weight is 243 g/mol. The summed E-state index contributed by atoms with van der Waals surface area (Å²) >= 11 is 0. The Balaban J connectivity index is 2.26. The lowest BCUT2D eigenvalue weighted by Gasteiger charge is -2.38. The highest BCUT2D eigenvalue weighted by Gasteiger charge is 2.28. The van der Waals surface area contributed by atoms with Gasteiger partial charge >= 0.3 is 5.97 Å². The van der Waals surface area contributed by atoms with E-state index in [1.165, 1.54) is 0 Å². The van der Waals surface area contributed by atoms with Crippen LogP contribution in [0.2, 0.25) is 0 Å². The van der Waals surface area contributed by atoms with Crippen molar-refractivity contribution in [2.45, 2.75) is 38.3 Å². The minimum Gasteiger partial charge on any atom is -0.480 e. The molecule has 1 fully saturated rings. The molecule has 0 saturated carbocycles. The minimum atomic E-state index is -1.09. The predicted octanol–water partition coefficient (Wildman–Crippen LogP) is 0.205. The molecule has 0 aliphatic carbocycles. The van der Waals surface area contributed by atoms with E-state index < -0.39 is 11.5 Å². The summed E-state index contributed by atoms with van der Waals surface area (Å²) in [7, 11) is 2.14. The molecule has 1 heterocycles. The number of carboxylic acids is 1. The summed E-state index contributed by atoms with van der Waals surface area (Å²) in [6.45, 7) is 7.96. The molecule has 1 saturated heterocycles. The fourth-order valence-electron chi connectivity index (χ4n) is 2.10. The third kappa shape index (κ3) is 4.26. The fraction of sp³-hybridized carbons (Fsp3) is 0.917. The van der Waals surface area contributed by atoms with E-state index in [0.717, 1.165) is 32.6 Å². The van der Waals surface area contributed by atoms with Crippen molar-refractivity contribution in [1.29, 1.82) is 0 Å². The molecule has 2 atom stereocenters. The lowest BCUT2D eigenvalue weighted by atomic mass is 9.97. The Labute approximate surface area is 104 Å². The quantitative estimate of drug-likeness (QED) is 0.722. The van der Waals surface area contributed by atoms with Gasteiger partial charge in [-0.1, -0.05) is 0 Å². The van der Waals surface area contributed by atoms with Crippen molar-refractivity contribution in [3.05, 3.63) is 0 Å². The molecular formula is C12H25N3O2.